The number of nitrogens with zero attached hydrogens (tertiary/aromatic N) is 1. The second kappa shape index (κ2) is 8.16. The van der Waals surface area contributed by atoms with Crippen LogP contribution in [0.4, 0.5) is 18.9 Å². The van der Waals surface area contributed by atoms with Crippen LogP contribution in [0, 0.1) is 6.92 Å². The number of hydrogen-bond acceptors (Lipinski definition) is 4. The highest BCUT2D eigenvalue weighted by Crippen LogP contribution is 2.39. The zero-order valence-corrected chi connectivity index (χ0v) is 18.2. The molecule has 0 unspecified atom stereocenters. The normalized spacial score (nSPS) is 18.1. The van der Waals surface area contributed by atoms with Gasteiger partial charge >= 0.3 is 6.18 Å². The number of anilines is 1. The number of aryl methyl sites for hydroxylation is 1. The maximum Gasteiger partial charge on any atom is 0.419 e. The van der Waals surface area contributed by atoms with Crippen LogP contribution in [0.25, 0.3) is 0 Å². The topological polar surface area (TPSA) is 58.6 Å². The van der Waals surface area contributed by atoms with E-state index < -0.39 is 21.8 Å². The average molecular weight is 493 g/mol. The van der Waals surface area contributed by atoms with Crippen molar-refractivity contribution in [3.8, 4) is 5.75 Å². The van der Waals surface area contributed by atoms with E-state index in [1.54, 1.807) is 19.1 Å². The van der Waals surface area contributed by atoms with Crippen LogP contribution in [0.15, 0.2) is 45.8 Å². The van der Waals surface area contributed by atoms with Crippen molar-refractivity contribution in [1.82, 2.24) is 4.90 Å². The zero-order valence-electron chi connectivity index (χ0n) is 15.8. The third-order valence-electron chi connectivity index (χ3n) is 4.61. The minimum Gasteiger partial charge on any atom is -0.488 e. The van der Waals surface area contributed by atoms with Crippen molar-refractivity contribution < 1.29 is 26.3 Å². The van der Waals surface area contributed by atoms with Gasteiger partial charge in [0.25, 0.3) is 10.0 Å². The van der Waals surface area contributed by atoms with Gasteiger partial charge in [-0.05, 0) is 56.3 Å². The molecule has 0 bridgehead atoms. The smallest absolute Gasteiger partial charge is 0.419 e. The van der Waals surface area contributed by atoms with Gasteiger partial charge in [-0.25, -0.2) is 8.42 Å². The van der Waals surface area contributed by atoms with Crippen molar-refractivity contribution in [2.24, 2.45) is 0 Å². The van der Waals surface area contributed by atoms with E-state index in [0.717, 1.165) is 29.2 Å². The third kappa shape index (κ3) is 5.23. The summed E-state index contributed by atoms with van der Waals surface area (Å²) in [6, 6.07) is 7.67. The highest BCUT2D eigenvalue weighted by molar-refractivity contribution is 9.10. The maximum atomic E-state index is 13.4. The molecule has 3 rings (SSSR count). The molecule has 1 saturated heterocycles. The zero-order chi connectivity index (χ0) is 21.4. The second-order valence-electron chi connectivity index (χ2n) is 7.01. The van der Waals surface area contributed by atoms with E-state index >= 15 is 0 Å². The van der Waals surface area contributed by atoms with Crippen LogP contribution >= 0.6 is 15.9 Å². The Labute approximate surface area is 176 Å². The molecule has 2 aromatic carbocycles. The van der Waals surface area contributed by atoms with Gasteiger partial charge in [-0.2, -0.15) is 13.2 Å². The van der Waals surface area contributed by atoms with E-state index in [4.69, 9.17) is 4.74 Å². The highest BCUT2D eigenvalue weighted by Gasteiger charge is 2.36. The third-order valence-corrected chi connectivity index (χ3v) is 6.64. The predicted octanol–water partition coefficient (Wildman–Crippen LogP) is 4.66. The summed E-state index contributed by atoms with van der Waals surface area (Å²) in [5.74, 6) is -0.384. The number of ether oxygens (including phenoxy) is 1. The maximum absolute atomic E-state index is 13.4. The number of sulfonamides is 1. The summed E-state index contributed by atoms with van der Waals surface area (Å²) < 4.78 is 74.3. The van der Waals surface area contributed by atoms with Crippen LogP contribution < -0.4 is 9.46 Å². The van der Waals surface area contributed by atoms with Crippen LogP contribution in [-0.4, -0.2) is 39.6 Å². The molecule has 29 heavy (non-hydrogen) atoms. The van der Waals surface area contributed by atoms with Crippen molar-refractivity contribution in [3.05, 3.63) is 52.0 Å². The molecule has 0 saturated carbocycles. The first kappa shape index (κ1) is 21.9. The molecule has 10 heteroatoms. The van der Waals surface area contributed by atoms with E-state index in [2.05, 4.69) is 20.7 Å². The second-order valence-corrected chi connectivity index (χ2v) is 9.58. The Hall–Kier alpha value is -1.78. The van der Waals surface area contributed by atoms with Gasteiger partial charge in [0.05, 0.1) is 16.1 Å². The average Bonchev–Trinajstić information content (AvgIpc) is 2.98. The Morgan fingerprint density at radius 2 is 1.93 bits per heavy atom. The van der Waals surface area contributed by atoms with Gasteiger partial charge in [-0.3, -0.25) is 4.72 Å². The van der Waals surface area contributed by atoms with Crippen LogP contribution in [-0.2, 0) is 16.2 Å². The van der Waals surface area contributed by atoms with E-state index in [1.165, 1.54) is 6.07 Å². The monoisotopic (exact) mass is 492 g/mol. The lowest BCUT2D eigenvalue weighted by Gasteiger charge is -2.20. The number of nitrogens with one attached hydrogen (secondary N) is 1. The van der Waals surface area contributed by atoms with E-state index in [1.807, 2.05) is 11.9 Å². The molecule has 1 fully saturated rings. The lowest BCUT2D eigenvalue weighted by atomic mass is 10.1. The molecule has 1 aliphatic rings. The summed E-state index contributed by atoms with van der Waals surface area (Å²) in [4.78, 5) is 2.00. The molecular weight excluding hydrogens is 473 g/mol. The summed E-state index contributed by atoms with van der Waals surface area (Å²) in [6.07, 6.45) is -4.40. The molecule has 1 N–H and O–H groups in total. The van der Waals surface area contributed by atoms with Gasteiger partial charge in [0.1, 0.15) is 11.9 Å². The summed E-state index contributed by atoms with van der Waals surface area (Å²) in [5.41, 5.74) is -0.430. The van der Waals surface area contributed by atoms with Gasteiger partial charge in [0.15, 0.2) is 0 Å². The van der Waals surface area contributed by atoms with E-state index in [-0.39, 0.29) is 22.4 Å². The Morgan fingerprint density at radius 3 is 2.52 bits per heavy atom. The number of halogens is 4. The van der Waals surface area contributed by atoms with Crippen LogP contribution in [0.1, 0.15) is 17.5 Å². The van der Waals surface area contributed by atoms with Gasteiger partial charge in [-0.15, -0.1) is 0 Å². The number of rotatable bonds is 5. The van der Waals surface area contributed by atoms with Crippen molar-refractivity contribution >= 4 is 31.6 Å². The number of benzene rings is 2. The van der Waals surface area contributed by atoms with Crippen LogP contribution in [0.3, 0.4) is 0 Å². The van der Waals surface area contributed by atoms with Gasteiger partial charge < -0.3 is 9.64 Å². The molecule has 1 atom stereocenters. The number of likely N-dealkylation sites (N-methyl/N-ethyl adjacent to an activating group) is 1. The Morgan fingerprint density at radius 1 is 1.21 bits per heavy atom. The Balaban J connectivity index is 1.92. The first-order valence-electron chi connectivity index (χ1n) is 8.81. The molecule has 2 aromatic rings. The SMILES string of the molecule is Cc1cc(Br)ccc1S(=O)(=O)Nc1ccc(C(F)(F)F)c(O[C@@H]2CCN(C)C2)c1. The molecular formula is C19H20BrF3N2O3S. The molecule has 5 nitrogen and oxygen atoms in total. The highest BCUT2D eigenvalue weighted by atomic mass is 79.9. The van der Waals surface area contributed by atoms with Crippen molar-refractivity contribution in [2.45, 2.75) is 30.5 Å². The predicted molar refractivity (Wildman–Crippen MR) is 108 cm³/mol. The molecule has 0 amide bonds. The minimum absolute atomic E-state index is 0.00155. The quantitative estimate of drug-likeness (QED) is 0.659. The van der Waals surface area contributed by atoms with Crippen molar-refractivity contribution in [2.75, 3.05) is 24.9 Å². The lowest BCUT2D eigenvalue weighted by Crippen LogP contribution is -2.23. The first-order chi connectivity index (χ1) is 13.5. The van der Waals surface area contributed by atoms with Gasteiger partial charge in [0, 0.05) is 23.6 Å². The first-order valence-corrected chi connectivity index (χ1v) is 11.1. The molecule has 0 radical (unpaired) electrons. The van der Waals surface area contributed by atoms with Crippen LogP contribution in [0.5, 0.6) is 5.75 Å². The van der Waals surface area contributed by atoms with E-state index in [9.17, 15) is 21.6 Å². The standard InChI is InChI=1S/C19H20BrF3N2O3S/c1-12-9-13(20)3-6-18(12)29(26,27)24-14-4-5-16(19(21,22)23)17(10-14)28-15-7-8-25(2)11-15/h3-6,9-10,15,24H,7-8,11H2,1-2H3/t15-/m1/s1. The minimum atomic E-state index is -4.61. The fraction of sp³-hybridized carbons (Fsp3) is 0.368. The number of likely N-dealkylation sites (tertiary alicyclic amines) is 1. The Kier molecular flexibility index (Phi) is 6.16. The molecule has 158 valence electrons. The molecule has 1 heterocycles. The largest absolute Gasteiger partial charge is 0.488 e. The molecule has 1 aliphatic heterocycles. The summed E-state index contributed by atoms with van der Waals surface area (Å²) >= 11 is 3.27. The molecule has 0 aromatic heterocycles. The lowest BCUT2D eigenvalue weighted by molar-refractivity contribution is -0.139. The van der Waals surface area contributed by atoms with Gasteiger partial charge in [0.2, 0.25) is 0 Å². The number of alkyl halides is 3. The summed E-state index contributed by atoms with van der Waals surface area (Å²) in [7, 11) is -2.12. The Bertz CT molecular complexity index is 1010. The number of hydrogen-bond donors (Lipinski definition) is 1. The fourth-order valence-corrected chi connectivity index (χ4v) is 4.97. The van der Waals surface area contributed by atoms with Crippen molar-refractivity contribution in [1.29, 1.82) is 0 Å². The van der Waals surface area contributed by atoms with E-state index in [0.29, 0.717) is 18.5 Å². The fourth-order valence-electron chi connectivity index (χ4n) is 3.21. The summed E-state index contributed by atoms with van der Waals surface area (Å²) in [5, 5.41) is 0. The summed E-state index contributed by atoms with van der Waals surface area (Å²) in [6.45, 7) is 2.86. The molecule has 0 aliphatic carbocycles. The van der Waals surface area contributed by atoms with Gasteiger partial charge in [-0.1, -0.05) is 15.9 Å². The molecule has 0 spiro atoms. The van der Waals surface area contributed by atoms with Crippen LogP contribution in [0.2, 0.25) is 0 Å². The van der Waals surface area contributed by atoms with Crippen molar-refractivity contribution in [3.63, 3.8) is 0 Å².